The molecule has 2 N–H and O–H groups in total. The van der Waals surface area contributed by atoms with Gasteiger partial charge < -0.3 is 10.6 Å². The van der Waals surface area contributed by atoms with Crippen molar-refractivity contribution >= 4 is 33.2 Å². The molecule has 0 radical (unpaired) electrons. The molecule has 3 nitrogen and oxygen atoms in total. The second kappa shape index (κ2) is 6.38. The second-order valence-corrected chi connectivity index (χ2v) is 5.10. The van der Waals surface area contributed by atoms with Gasteiger partial charge in [0.2, 0.25) is 5.91 Å². The van der Waals surface area contributed by atoms with Crippen LogP contribution < -0.4 is 10.6 Å². The Bertz CT molecular complexity index is 567. The van der Waals surface area contributed by atoms with E-state index in [1.54, 1.807) is 0 Å². The number of aryl methyl sites for hydroxylation is 1. The first-order valence-electron chi connectivity index (χ1n) is 6.00. The number of halogens is 1. The van der Waals surface area contributed by atoms with Gasteiger partial charge in [-0.1, -0.05) is 29.8 Å². The molecule has 0 unspecified atom stereocenters. The largest absolute Gasteiger partial charge is 0.375 e. The fraction of sp³-hybridized carbons (Fsp3) is 0.133. The summed E-state index contributed by atoms with van der Waals surface area (Å²) in [6.07, 6.45) is 0. The number of rotatable bonds is 4. The SMILES string of the molecule is Cc1ccc(NC(=O)CNc2ccccc2Br)cc1. The molecule has 0 saturated carbocycles. The quantitative estimate of drug-likeness (QED) is 0.900. The third kappa shape index (κ3) is 4.10. The zero-order chi connectivity index (χ0) is 13.7. The van der Waals surface area contributed by atoms with Gasteiger partial charge in [-0.15, -0.1) is 0 Å². The van der Waals surface area contributed by atoms with Gasteiger partial charge in [0.15, 0.2) is 0 Å². The molecular formula is C15H15BrN2O. The highest BCUT2D eigenvalue weighted by atomic mass is 79.9. The number of amides is 1. The van der Waals surface area contributed by atoms with Crippen molar-refractivity contribution in [3.8, 4) is 0 Å². The van der Waals surface area contributed by atoms with E-state index < -0.39 is 0 Å². The first-order chi connectivity index (χ1) is 9.15. The number of anilines is 2. The van der Waals surface area contributed by atoms with E-state index in [0.29, 0.717) is 0 Å². The molecule has 0 spiro atoms. The van der Waals surface area contributed by atoms with Gasteiger partial charge in [0.1, 0.15) is 0 Å². The first-order valence-corrected chi connectivity index (χ1v) is 6.79. The van der Waals surface area contributed by atoms with Crippen LogP contribution in [0.4, 0.5) is 11.4 Å². The molecule has 0 aromatic heterocycles. The van der Waals surface area contributed by atoms with E-state index in [1.807, 2.05) is 55.5 Å². The van der Waals surface area contributed by atoms with Crippen LogP contribution in [0.1, 0.15) is 5.56 Å². The van der Waals surface area contributed by atoms with E-state index in [1.165, 1.54) is 5.56 Å². The lowest BCUT2D eigenvalue weighted by Crippen LogP contribution is -2.21. The highest BCUT2D eigenvalue weighted by Gasteiger charge is 2.03. The van der Waals surface area contributed by atoms with Crippen LogP contribution in [0.5, 0.6) is 0 Å². The number of hydrogen-bond acceptors (Lipinski definition) is 2. The minimum atomic E-state index is -0.0698. The number of nitrogens with one attached hydrogen (secondary N) is 2. The average Bonchev–Trinajstić information content (AvgIpc) is 2.40. The molecule has 0 heterocycles. The van der Waals surface area contributed by atoms with E-state index in [4.69, 9.17) is 0 Å². The lowest BCUT2D eigenvalue weighted by molar-refractivity contribution is -0.114. The summed E-state index contributed by atoms with van der Waals surface area (Å²) >= 11 is 3.43. The normalized spacial score (nSPS) is 10.0. The third-order valence-corrected chi connectivity index (χ3v) is 3.34. The van der Waals surface area contributed by atoms with Crippen LogP contribution in [0, 0.1) is 6.92 Å². The predicted molar refractivity (Wildman–Crippen MR) is 82.4 cm³/mol. The molecule has 1 amide bonds. The molecule has 2 aromatic rings. The Labute approximate surface area is 121 Å². The van der Waals surface area contributed by atoms with Crippen molar-refractivity contribution in [1.82, 2.24) is 0 Å². The molecule has 2 aromatic carbocycles. The van der Waals surface area contributed by atoms with Crippen LogP contribution in [0.2, 0.25) is 0 Å². The number of carbonyl (C=O) groups is 1. The Morgan fingerprint density at radius 1 is 1.11 bits per heavy atom. The highest BCUT2D eigenvalue weighted by molar-refractivity contribution is 9.10. The molecule has 0 aliphatic rings. The van der Waals surface area contributed by atoms with Gasteiger partial charge in [0.25, 0.3) is 0 Å². The van der Waals surface area contributed by atoms with E-state index in [-0.39, 0.29) is 12.5 Å². The summed E-state index contributed by atoms with van der Waals surface area (Å²) in [7, 11) is 0. The van der Waals surface area contributed by atoms with Crippen LogP contribution in [0.25, 0.3) is 0 Å². The monoisotopic (exact) mass is 318 g/mol. The Hall–Kier alpha value is -1.81. The zero-order valence-corrected chi connectivity index (χ0v) is 12.2. The van der Waals surface area contributed by atoms with Gasteiger partial charge in [0, 0.05) is 15.8 Å². The van der Waals surface area contributed by atoms with Gasteiger partial charge in [-0.3, -0.25) is 4.79 Å². The van der Waals surface area contributed by atoms with Crippen molar-refractivity contribution in [3.63, 3.8) is 0 Å². The van der Waals surface area contributed by atoms with Crippen LogP contribution in [-0.4, -0.2) is 12.5 Å². The smallest absolute Gasteiger partial charge is 0.243 e. The van der Waals surface area contributed by atoms with Crippen LogP contribution in [0.15, 0.2) is 53.0 Å². The van der Waals surface area contributed by atoms with Crippen molar-refractivity contribution in [2.24, 2.45) is 0 Å². The van der Waals surface area contributed by atoms with Crippen molar-refractivity contribution in [3.05, 3.63) is 58.6 Å². The Balaban J connectivity index is 1.88. The maximum absolute atomic E-state index is 11.8. The van der Waals surface area contributed by atoms with Crippen molar-refractivity contribution in [2.45, 2.75) is 6.92 Å². The van der Waals surface area contributed by atoms with Crippen molar-refractivity contribution in [1.29, 1.82) is 0 Å². The Morgan fingerprint density at radius 2 is 1.79 bits per heavy atom. The van der Waals surface area contributed by atoms with Gasteiger partial charge in [-0.2, -0.15) is 0 Å². The zero-order valence-electron chi connectivity index (χ0n) is 10.6. The first kappa shape index (κ1) is 13.6. The third-order valence-electron chi connectivity index (χ3n) is 2.65. The number of hydrogen-bond donors (Lipinski definition) is 2. The van der Waals surface area contributed by atoms with Crippen molar-refractivity contribution < 1.29 is 4.79 Å². The Morgan fingerprint density at radius 3 is 2.47 bits per heavy atom. The topological polar surface area (TPSA) is 41.1 Å². The summed E-state index contributed by atoms with van der Waals surface area (Å²) in [6.45, 7) is 2.25. The summed E-state index contributed by atoms with van der Waals surface area (Å²) in [6, 6.07) is 15.4. The maximum atomic E-state index is 11.8. The molecule has 0 fully saturated rings. The summed E-state index contributed by atoms with van der Waals surface area (Å²) in [5.74, 6) is -0.0698. The summed E-state index contributed by atoms with van der Waals surface area (Å²) in [4.78, 5) is 11.8. The molecular weight excluding hydrogens is 304 g/mol. The molecule has 0 bridgehead atoms. The summed E-state index contributed by atoms with van der Waals surface area (Å²) in [5, 5.41) is 5.93. The van der Waals surface area contributed by atoms with Gasteiger partial charge in [-0.05, 0) is 47.1 Å². The molecule has 98 valence electrons. The molecule has 2 rings (SSSR count). The van der Waals surface area contributed by atoms with E-state index >= 15 is 0 Å². The number of para-hydroxylation sites is 1. The second-order valence-electron chi connectivity index (χ2n) is 4.25. The van der Waals surface area contributed by atoms with Gasteiger partial charge in [-0.25, -0.2) is 0 Å². The molecule has 0 aliphatic carbocycles. The maximum Gasteiger partial charge on any atom is 0.243 e. The van der Waals surface area contributed by atoms with Crippen LogP contribution in [0.3, 0.4) is 0 Å². The lowest BCUT2D eigenvalue weighted by Gasteiger charge is -2.09. The number of benzene rings is 2. The summed E-state index contributed by atoms with van der Waals surface area (Å²) in [5.41, 5.74) is 2.88. The molecule has 4 heteroatoms. The number of carbonyl (C=O) groups excluding carboxylic acids is 1. The van der Waals surface area contributed by atoms with Crippen LogP contribution >= 0.6 is 15.9 Å². The molecule has 0 saturated heterocycles. The van der Waals surface area contributed by atoms with Gasteiger partial charge in [0.05, 0.1) is 6.54 Å². The van der Waals surface area contributed by atoms with E-state index in [9.17, 15) is 4.79 Å². The van der Waals surface area contributed by atoms with Gasteiger partial charge >= 0.3 is 0 Å². The van der Waals surface area contributed by atoms with Crippen LogP contribution in [-0.2, 0) is 4.79 Å². The minimum absolute atomic E-state index is 0.0698. The fourth-order valence-corrected chi connectivity index (χ4v) is 2.05. The van der Waals surface area contributed by atoms with E-state index in [2.05, 4.69) is 26.6 Å². The molecule has 19 heavy (non-hydrogen) atoms. The fourth-order valence-electron chi connectivity index (χ4n) is 1.62. The van der Waals surface area contributed by atoms with E-state index in [0.717, 1.165) is 15.8 Å². The minimum Gasteiger partial charge on any atom is -0.375 e. The Kier molecular flexibility index (Phi) is 4.58. The highest BCUT2D eigenvalue weighted by Crippen LogP contribution is 2.20. The predicted octanol–water partition coefficient (Wildman–Crippen LogP) is 3.81. The molecule has 0 aliphatic heterocycles. The lowest BCUT2D eigenvalue weighted by atomic mass is 10.2. The summed E-state index contributed by atoms with van der Waals surface area (Å²) < 4.78 is 0.943. The average molecular weight is 319 g/mol. The standard InChI is InChI=1S/C15H15BrN2O/c1-11-6-8-12(9-7-11)18-15(19)10-17-14-5-3-2-4-13(14)16/h2-9,17H,10H2,1H3,(H,18,19). The molecule has 0 atom stereocenters. The van der Waals surface area contributed by atoms with Crippen molar-refractivity contribution in [2.75, 3.05) is 17.2 Å².